The predicted octanol–water partition coefficient (Wildman–Crippen LogP) is 0.801. The lowest BCUT2D eigenvalue weighted by molar-refractivity contribution is 0.0954. The first-order chi connectivity index (χ1) is 11.7. The number of aromatic nitrogens is 2. The number of anilines is 1. The molecule has 0 spiro atoms. The van der Waals surface area contributed by atoms with Crippen LogP contribution in [0.3, 0.4) is 0 Å². The highest BCUT2D eigenvalue weighted by molar-refractivity contribution is 7.89. The SMILES string of the molecule is Cc1n[nH]c(C)c1S(=O)(=O)NCCNC(=O)c1ccc(N(C)C)cc1. The summed E-state index contributed by atoms with van der Waals surface area (Å²) in [7, 11) is 0.186. The molecule has 0 saturated carbocycles. The quantitative estimate of drug-likeness (QED) is 0.629. The molecule has 136 valence electrons. The number of hydrogen-bond donors (Lipinski definition) is 3. The van der Waals surface area contributed by atoms with Crippen molar-refractivity contribution in [3.05, 3.63) is 41.2 Å². The van der Waals surface area contributed by atoms with Crippen LogP contribution in [0.1, 0.15) is 21.7 Å². The predicted molar refractivity (Wildman–Crippen MR) is 96.4 cm³/mol. The zero-order valence-corrected chi connectivity index (χ0v) is 15.6. The van der Waals surface area contributed by atoms with E-state index in [1.165, 1.54) is 0 Å². The minimum absolute atomic E-state index is 0.0912. The average molecular weight is 365 g/mol. The van der Waals surface area contributed by atoms with E-state index in [4.69, 9.17) is 0 Å². The van der Waals surface area contributed by atoms with Crippen molar-refractivity contribution in [1.82, 2.24) is 20.2 Å². The second-order valence-electron chi connectivity index (χ2n) is 5.86. The van der Waals surface area contributed by atoms with Crippen LogP contribution < -0.4 is 14.9 Å². The summed E-state index contributed by atoms with van der Waals surface area (Å²) in [5.41, 5.74) is 2.41. The van der Waals surface area contributed by atoms with Crippen molar-refractivity contribution in [3.8, 4) is 0 Å². The molecule has 1 aromatic heterocycles. The topological polar surface area (TPSA) is 107 Å². The van der Waals surface area contributed by atoms with Crippen molar-refractivity contribution in [3.63, 3.8) is 0 Å². The van der Waals surface area contributed by atoms with E-state index in [2.05, 4.69) is 20.2 Å². The van der Waals surface area contributed by atoms with Crippen LogP contribution in [0.25, 0.3) is 0 Å². The molecule has 0 aliphatic carbocycles. The van der Waals surface area contributed by atoms with Crippen LogP contribution in [0.5, 0.6) is 0 Å². The van der Waals surface area contributed by atoms with Gasteiger partial charge in [-0.1, -0.05) is 0 Å². The van der Waals surface area contributed by atoms with Crippen LogP contribution in [-0.2, 0) is 10.0 Å². The Morgan fingerprint density at radius 3 is 2.32 bits per heavy atom. The van der Waals surface area contributed by atoms with E-state index in [0.717, 1.165) is 5.69 Å². The molecule has 9 heteroatoms. The Bertz CT molecular complexity index is 822. The summed E-state index contributed by atoms with van der Waals surface area (Å²) in [6, 6.07) is 7.16. The minimum atomic E-state index is -3.66. The Labute approximate surface area is 147 Å². The van der Waals surface area contributed by atoms with Gasteiger partial charge in [0.05, 0.1) is 11.4 Å². The fraction of sp³-hybridized carbons (Fsp3) is 0.375. The van der Waals surface area contributed by atoms with Gasteiger partial charge in [0.1, 0.15) is 4.90 Å². The molecular weight excluding hydrogens is 342 g/mol. The highest BCUT2D eigenvalue weighted by Crippen LogP contribution is 2.15. The average Bonchev–Trinajstić information content (AvgIpc) is 2.91. The fourth-order valence-corrected chi connectivity index (χ4v) is 3.78. The van der Waals surface area contributed by atoms with Crippen molar-refractivity contribution in [1.29, 1.82) is 0 Å². The number of carbonyl (C=O) groups is 1. The van der Waals surface area contributed by atoms with Gasteiger partial charge in [0, 0.05) is 38.4 Å². The van der Waals surface area contributed by atoms with Crippen LogP contribution in [0.4, 0.5) is 5.69 Å². The van der Waals surface area contributed by atoms with Crippen LogP contribution in [0.2, 0.25) is 0 Å². The number of nitrogens with one attached hydrogen (secondary N) is 3. The molecule has 1 amide bonds. The third-order valence-electron chi connectivity index (χ3n) is 3.68. The number of rotatable bonds is 7. The molecule has 3 N–H and O–H groups in total. The summed E-state index contributed by atoms with van der Waals surface area (Å²) >= 11 is 0. The van der Waals surface area contributed by atoms with Crippen LogP contribution in [-0.4, -0.2) is 51.7 Å². The third kappa shape index (κ3) is 4.58. The highest BCUT2D eigenvalue weighted by atomic mass is 32.2. The van der Waals surface area contributed by atoms with Crippen molar-refractivity contribution in [2.75, 3.05) is 32.1 Å². The van der Waals surface area contributed by atoms with E-state index < -0.39 is 10.0 Å². The van der Waals surface area contributed by atoms with Crippen LogP contribution in [0, 0.1) is 13.8 Å². The number of nitrogens with zero attached hydrogens (tertiary/aromatic N) is 2. The molecule has 0 aliphatic rings. The molecule has 25 heavy (non-hydrogen) atoms. The van der Waals surface area contributed by atoms with Gasteiger partial charge in [-0.15, -0.1) is 0 Å². The van der Waals surface area contributed by atoms with E-state index in [9.17, 15) is 13.2 Å². The molecule has 0 atom stereocenters. The second-order valence-corrected chi connectivity index (χ2v) is 7.56. The van der Waals surface area contributed by atoms with Crippen molar-refractivity contribution >= 4 is 21.6 Å². The van der Waals surface area contributed by atoms with Gasteiger partial charge in [-0.3, -0.25) is 9.89 Å². The van der Waals surface area contributed by atoms with E-state index in [0.29, 0.717) is 17.0 Å². The van der Waals surface area contributed by atoms with Crippen molar-refractivity contribution in [2.24, 2.45) is 0 Å². The van der Waals surface area contributed by atoms with Crippen molar-refractivity contribution in [2.45, 2.75) is 18.7 Å². The molecule has 0 fully saturated rings. The normalized spacial score (nSPS) is 11.4. The molecule has 2 aromatic rings. The number of H-pyrrole nitrogens is 1. The summed E-state index contributed by atoms with van der Waals surface area (Å²) in [6.07, 6.45) is 0. The summed E-state index contributed by atoms with van der Waals surface area (Å²) in [6.45, 7) is 3.54. The van der Waals surface area contributed by atoms with Crippen LogP contribution in [0.15, 0.2) is 29.2 Å². The lowest BCUT2D eigenvalue weighted by Crippen LogP contribution is -2.35. The largest absolute Gasteiger partial charge is 0.378 e. The van der Waals surface area contributed by atoms with Gasteiger partial charge in [0.2, 0.25) is 10.0 Å². The van der Waals surface area contributed by atoms with E-state index in [-0.39, 0.29) is 23.9 Å². The van der Waals surface area contributed by atoms with E-state index in [1.54, 1.807) is 26.0 Å². The Hall–Kier alpha value is -2.39. The number of aryl methyl sites for hydroxylation is 2. The van der Waals surface area contributed by atoms with Gasteiger partial charge >= 0.3 is 0 Å². The second kappa shape index (κ2) is 7.66. The lowest BCUT2D eigenvalue weighted by Gasteiger charge is -2.12. The number of benzene rings is 1. The number of carbonyl (C=O) groups excluding carboxylic acids is 1. The molecule has 0 bridgehead atoms. The zero-order valence-electron chi connectivity index (χ0n) is 14.8. The zero-order chi connectivity index (χ0) is 18.6. The van der Waals surface area contributed by atoms with Crippen molar-refractivity contribution < 1.29 is 13.2 Å². The molecule has 0 aliphatic heterocycles. The lowest BCUT2D eigenvalue weighted by atomic mass is 10.2. The Balaban J connectivity index is 1.87. The molecule has 8 nitrogen and oxygen atoms in total. The number of sulfonamides is 1. The maximum Gasteiger partial charge on any atom is 0.251 e. The highest BCUT2D eigenvalue weighted by Gasteiger charge is 2.21. The van der Waals surface area contributed by atoms with Gasteiger partial charge in [-0.25, -0.2) is 13.1 Å². The van der Waals surface area contributed by atoms with Gasteiger partial charge < -0.3 is 10.2 Å². The van der Waals surface area contributed by atoms with Gasteiger partial charge in [0.15, 0.2) is 0 Å². The number of hydrogen-bond acceptors (Lipinski definition) is 5. The van der Waals surface area contributed by atoms with E-state index in [1.807, 2.05) is 31.1 Å². The molecule has 1 heterocycles. The molecule has 0 unspecified atom stereocenters. The van der Waals surface area contributed by atoms with E-state index >= 15 is 0 Å². The fourth-order valence-electron chi connectivity index (χ4n) is 2.38. The first kappa shape index (κ1) is 18.9. The summed E-state index contributed by atoms with van der Waals surface area (Å²) in [5, 5.41) is 9.22. The standard InChI is InChI=1S/C16H23N5O3S/c1-11-15(12(2)20-19-11)25(23,24)18-10-9-17-16(22)13-5-7-14(8-6-13)21(3)4/h5-8,18H,9-10H2,1-4H3,(H,17,22)(H,19,20). The molecule has 1 aromatic carbocycles. The number of amides is 1. The molecular formula is C16H23N5O3S. The molecule has 0 radical (unpaired) electrons. The number of aromatic amines is 1. The maximum atomic E-state index is 12.3. The molecule has 0 saturated heterocycles. The maximum absolute atomic E-state index is 12.3. The first-order valence-corrected chi connectivity index (χ1v) is 9.27. The molecule has 2 rings (SSSR count). The van der Waals surface area contributed by atoms with Crippen LogP contribution >= 0.6 is 0 Å². The van der Waals surface area contributed by atoms with Gasteiger partial charge in [0.25, 0.3) is 5.91 Å². The third-order valence-corrected chi connectivity index (χ3v) is 5.40. The summed E-state index contributed by atoms with van der Waals surface area (Å²) in [4.78, 5) is 14.2. The Morgan fingerprint density at radius 1 is 1.16 bits per heavy atom. The van der Waals surface area contributed by atoms with Gasteiger partial charge in [-0.05, 0) is 38.1 Å². The Morgan fingerprint density at radius 2 is 1.80 bits per heavy atom. The van der Waals surface area contributed by atoms with Gasteiger partial charge in [-0.2, -0.15) is 5.10 Å². The summed E-state index contributed by atoms with van der Waals surface area (Å²) < 4.78 is 27.0. The smallest absolute Gasteiger partial charge is 0.251 e. The summed E-state index contributed by atoms with van der Waals surface area (Å²) in [5.74, 6) is -0.250. The first-order valence-electron chi connectivity index (χ1n) is 7.79. The monoisotopic (exact) mass is 365 g/mol. The minimum Gasteiger partial charge on any atom is -0.378 e. The Kier molecular flexibility index (Phi) is 5.81.